The van der Waals surface area contributed by atoms with E-state index in [1.807, 2.05) is 0 Å². The highest BCUT2D eigenvalue weighted by molar-refractivity contribution is 5.86. The normalized spacial score (nSPS) is 12.4. The summed E-state index contributed by atoms with van der Waals surface area (Å²) < 4.78 is 101. The van der Waals surface area contributed by atoms with E-state index in [0.717, 1.165) is 23.3 Å². The molecular weight excluding hydrogens is 611 g/mol. The molecule has 242 valence electrons. The molecule has 4 N–H and O–H groups in total. The number of aliphatic carboxylic acids is 1. The standard InChI is InChI=1S/C30H30F7N5O3/c1-39-29(40-41(2)38)42(15-18-10-20(28(33)34)14-22(11-18)30(35,36)37)16-21-13-19(27(31)32)6-7-23(21)24-12-17(5-9-26(43)44)4-8-25(24)45-3/h4-14,27-28H,15-16,38H2,1-3H3,(H,39,40)(H,43,44)/b9-5+. The molecule has 0 amide bonds. The average Bonchev–Trinajstić information content (AvgIpc) is 2.97. The van der Waals surface area contributed by atoms with Gasteiger partial charge in [-0.3, -0.25) is 16.3 Å². The number of methoxy groups -OCH3 is 1. The van der Waals surface area contributed by atoms with Gasteiger partial charge in [-0.1, -0.05) is 18.2 Å². The monoisotopic (exact) mass is 641 g/mol. The number of carbonyl (C=O) groups is 1. The number of guanidine groups is 1. The van der Waals surface area contributed by atoms with Crippen LogP contribution in [0, 0.1) is 0 Å². The Morgan fingerprint density at radius 2 is 1.69 bits per heavy atom. The zero-order valence-corrected chi connectivity index (χ0v) is 24.2. The van der Waals surface area contributed by atoms with Gasteiger partial charge in [0.1, 0.15) is 5.75 Å². The smallest absolute Gasteiger partial charge is 0.416 e. The summed E-state index contributed by atoms with van der Waals surface area (Å²) in [6.07, 6.45) is -8.77. The first-order valence-electron chi connectivity index (χ1n) is 13.1. The zero-order chi connectivity index (χ0) is 33.5. The second-order valence-electron chi connectivity index (χ2n) is 9.74. The molecule has 3 aromatic carbocycles. The van der Waals surface area contributed by atoms with Crippen LogP contribution in [0.1, 0.15) is 46.2 Å². The molecule has 3 rings (SSSR count). The predicted octanol–water partition coefficient (Wildman–Crippen LogP) is 6.65. The van der Waals surface area contributed by atoms with E-state index in [4.69, 9.17) is 15.7 Å². The minimum absolute atomic E-state index is 0.0190. The first-order valence-corrected chi connectivity index (χ1v) is 13.1. The van der Waals surface area contributed by atoms with Gasteiger partial charge in [0.2, 0.25) is 5.96 Å². The van der Waals surface area contributed by atoms with Crippen molar-refractivity contribution in [3.8, 4) is 16.9 Å². The van der Waals surface area contributed by atoms with Crippen molar-refractivity contribution in [1.82, 2.24) is 15.4 Å². The van der Waals surface area contributed by atoms with Crippen molar-refractivity contribution >= 4 is 18.0 Å². The van der Waals surface area contributed by atoms with E-state index in [1.165, 1.54) is 50.4 Å². The van der Waals surface area contributed by atoms with Crippen LogP contribution in [-0.2, 0) is 24.1 Å². The van der Waals surface area contributed by atoms with Crippen molar-refractivity contribution in [3.63, 3.8) is 0 Å². The van der Waals surface area contributed by atoms with Crippen molar-refractivity contribution in [2.75, 3.05) is 21.2 Å². The number of rotatable bonds is 11. The van der Waals surface area contributed by atoms with Gasteiger partial charge in [-0.25, -0.2) is 22.4 Å². The van der Waals surface area contributed by atoms with Gasteiger partial charge in [0.15, 0.2) is 0 Å². The fraction of sp³-hybridized carbons (Fsp3) is 0.267. The highest BCUT2D eigenvalue weighted by Gasteiger charge is 2.32. The quantitative estimate of drug-likeness (QED) is 0.0538. The highest BCUT2D eigenvalue weighted by Crippen LogP contribution is 2.37. The van der Waals surface area contributed by atoms with Crippen LogP contribution in [0.3, 0.4) is 0 Å². The Balaban J connectivity index is 2.23. The second-order valence-corrected chi connectivity index (χ2v) is 9.74. The van der Waals surface area contributed by atoms with E-state index in [9.17, 15) is 35.5 Å². The molecule has 0 aliphatic carbocycles. The molecule has 3 aromatic rings. The summed E-state index contributed by atoms with van der Waals surface area (Å²) in [5.74, 6) is 4.82. The molecule has 0 radical (unpaired) electrons. The Bertz CT molecular complexity index is 1560. The minimum Gasteiger partial charge on any atom is -0.496 e. The molecule has 8 nitrogen and oxygen atoms in total. The summed E-state index contributed by atoms with van der Waals surface area (Å²) in [4.78, 5) is 16.5. The maximum absolute atomic E-state index is 13.9. The Hall–Kier alpha value is -4.63. The number of aliphatic imine (C=N–C) groups is 1. The lowest BCUT2D eigenvalue weighted by molar-refractivity contribution is -0.137. The van der Waals surface area contributed by atoms with Gasteiger partial charge >= 0.3 is 12.1 Å². The third kappa shape index (κ3) is 9.43. The number of alkyl halides is 7. The van der Waals surface area contributed by atoms with Gasteiger partial charge in [0.25, 0.3) is 12.9 Å². The van der Waals surface area contributed by atoms with E-state index in [-0.39, 0.29) is 29.2 Å². The molecule has 15 heteroatoms. The molecule has 0 aliphatic rings. The molecular formula is C30H30F7N5O3. The predicted molar refractivity (Wildman–Crippen MR) is 154 cm³/mol. The van der Waals surface area contributed by atoms with E-state index in [2.05, 4.69) is 10.4 Å². The van der Waals surface area contributed by atoms with Crippen LogP contribution in [-0.4, -0.2) is 48.3 Å². The van der Waals surface area contributed by atoms with Crippen LogP contribution in [0.25, 0.3) is 17.2 Å². The van der Waals surface area contributed by atoms with Crippen LogP contribution in [0.5, 0.6) is 5.75 Å². The Labute approximate surface area is 254 Å². The number of ether oxygens (including phenoxy) is 1. The van der Waals surface area contributed by atoms with Gasteiger partial charge in [0.05, 0.1) is 12.7 Å². The van der Waals surface area contributed by atoms with Crippen LogP contribution in [0.2, 0.25) is 0 Å². The van der Waals surface area contributed by atoms with Gasteiger partial charge in [0, 0.05) is 50.0 Å². The fourth-order valence-corrected chi connectivity index (χ4v) is 4.50. The molecule has 0 saturated carbocycles. The molecule has 0 aromatic heterocycles. The average molecular weight is 642 g/mol. The number of benzene rings is 3. The molecule has 0 spiro atoms. The maximum atomic E-state index is 13.9. The highest BCUT2D eigenvalue weighted by atomic mass is 19.4. The lowest BCUT2D eigenvalue weighted by Gasteiger charge is -2.30. The third-order valence-corrected chi connectivity index (χ3v) is 6.43. The van der Waals surface area contributed by atoms with Crippen LogP contribution >= 0.6 is 0 Å². The number of carboxylic acids is 1. The summed E-state index contributed by atoms with van der Waals surface area (Å²) >= 11 is 0. The van der Waals surface area contributed by atoms with Crippen molar-refractivity contribution < 1.29 is 45.4 Å². The van der Waals surface area contributed by atoms with E-state index < -0.39 is 42.7 Å². The molecule has 0 atom stereocenters. The summed E-state index contributed by atoms with van der Waals surface area (Å²) in [5, 5.41) is 10.0. The van der Waals surface area contributed by atoms with Crippen molar-refractivity contribution in [1.29, 1.82) is 0 Å². The lowest BCUT2D eigenvalue weighted by Crippen LogP contribution is -2.50. The van der Waals surface area contributed by atoms with Gasteiger partial charge in [-0.05, 0) is 64.7 Å². The summed E-state index contributed by atoms with van der Waals surface area (Å²) in [5.41, 5.74) is 1.45. The molecule has 0 unspecified atom stereocenters. The zero-order valence-electron chi connectivity index (χ0n) is 24.2. The van der Waals surface area contributed by atoms with E-state index in [0.29, 0.717) is 28.5 Å². The van der Waals surface area contributed by atoms with Crippen molar-refractivity contribution in [2.45, 2.75) is 32.1 Å². The summed E-state index contributed by atoms with van der Waals surface area (Å²) in [7, 11) is 4.11. The van der Waals surface area contributed by atoms with Gasteiger partial charge < -0.3 is 14.7 Å². The first kappa shape index (κ1) is 34.9. The number of hydrogen-bond donors (Lipinski definition) is 3. The summed E-state index contributed by atoms with van der Waals surface area (Å²) in [6, 6.07) is 10.5. The Morgan fingerprint density at radius 3 is 2.24 bits per heavy atom. The molecule has 0 fully saturated rings. The molecule has 0 bridgehead atoms. The first-order chi connectivity index (χ1) is 21.1. The number of carboxylic acid groups (broad SMARTS) is 1. The van der Waals surface area contributed by atoms with Crippen LogP contribution in [0.4, 0.5) is 30.7 Å². The van der Waals surface area contributed by atoms with Crippen molar-refractivity contribution in [2.24, 2.45) is 10.8 Å². The fourth-order valence-electron chi connectivity index (χ4n) is 4.50. The third-order valence-electron chi connectivity index (χ3n) is 6.43. The number of nitrogens with two attached hydrogens (primary N) is 1. The lowest BCUT2D eigenvalue weighted by atomic mass is 9.94. The number of nitrogens with zero attached hydrogens (tertiary/aromatic N) is 3. The van der Waals surface area contributed by atoms with E-state index in [1.54, 1.807) is 18.2 Å². The number of halogens is 7. The minimum atomic E-state index is -4.92. The molecule has 45 heavy (non-hydrogen) atoms. The van der Waals surface area contributed by atoms with Crippen molar-refractivity contribution in [3.05, 3.63) is 94.1 Å². The van der Waals surface area contributed by atoms with Crippen LogP contribution in [0.15, 0.2) is 65.7 Å². The molecule has 0 aliphatic heterocycles. The number of hydrogen-bond acceptors (Lipinski definition) is 5. The van der Waals surface area contributed by atoms with Crippen LogP contribution < -0.4 is 16.0 Å². The largest absolute Gasteiger partial charge is 0.496 e. The van der Waals surface area contributed by atoms with Gasteiger partial charge in [-0.2, -0.15) is 18.3 Å². The topological polar surface area (TPSA) is 103 Å². The maximum Gasteiger partial charge on any atom is 0.416 e. The second kappa shape index (κ2) is 14.9. The Morgan fingerprint density at radius 1 is 1.00 bits per heavy atom. The van der Waals surface area contributed by atoms with E-state index >= 15 is 0 Å². The molecule has 0 heterocycles. The molecule has 0 saturated heterocycles. The summed E-state index contributed by atoms with van der Waals surface area (Å²) in [6.45, 7) is -0.698. The SMILES string of the molecule is CN=C(NN(C)N)N(Cc1cc(C(F)F)cc(C(F)(F)F)c1)Cc1cc(C(F)F)ccc1-c1cc(/C=C/C(=O)O)ccc1OC. The number of hydrazine groups is 2. The Kier molecular flexibility index (Phi) is 11.5. The number of nitrogens with one attached hydrogen (secondary N) is 1. The van der Waals surface area contributed by atoms with Gasteiger partial charge in [-0.15, -0.1) is 0 Å².